The van der Waals surface area contributed by atoms with Gasteiger partial charge in [0.25, 0.3) is 10.0 Å². The number of halogens is 3. The molecule has 0 saturated carbocycles. The van der Waals surface area contributed by atoms with Gasteiger partial charge < -0.3 is 4.74 Å². The molecule has 9 heteroatoms. The van der Waals surface area contributed by atoms with E-state index in [1.807, 2.05) is 0 Å². The van der Waals surface area contributed by atoms with Crippen LogP contribution in [0.5, 0.6) is 11.5 Å². The third-order valence-corrected chi connectivity index (χ3v) is 7.47. The summed E-state index contributed by atoms with van der Waals surface area (Å²) in [5.41, 5.74) is 0.968. The molecule has 0 unspecified atom stereocenters. The van der Waals surface area contributed by atoms with Gasteiger partial charge in [-0.1, -0.05) is 34.1 Å². The van der Waals surface area contributed by atoms with Crippen LogP contribution in [0.1, 0.15) is 16.7 Å². The van der Waals surface area contributed by atoms with E-state index in [0.29, 0.717) is 28.3 Å². The fraction of sp³-hybridized carbons (Fsp3) is 0.125. The number of fused-ring (bicyclic) bond motifs is 1. The van der Waals surface area contributed by atoms with Gasteiger partial charge in [-0.3, -0.25) is 0 Å². The summed E-state index contributed by atoms with van der Waals surface area (Å²) in [5.74, 6) is -1.50. The first-order valence-corrected chi connectivity index (χ1v) is 12.4. The van der Waals surface area contributed by atoms with Crippen LogP contribution >= 0.6 is 15.9 Å². The topological polar surface area (TPSA) is 72.1 Å². The average molecular weight is 531 g/mol. The van der Waals surface area contributed by atoms with Crippen LogP contribution in [-0.4, -0.2) is 17.7 Å². The van der Waals surface area contributed by atoms with Crippen LogP contribution in [0.2, 0.25) is 0 Å². The maximum absolute atomic E-state index is 15.3. The molecule has 0 aliphatic carbocycles. The van der Waals surface area contributed by atoms with E-state index >= 15 is 4.39 Å². The monoisotopic (exact) mass is 530 g/mol. The summed E-state index contributed by atoms with van der Waals surface area (Å²) in [6, 6.07) is 14.5. The highest BCUT2D eigenvalue weighted by atomic mass is 79.9. The van der Waals surface area contributed by atoms with Gasteiger partial charge in [-0.15, -0.1) is 0 Å². The molecule has 0 spiro atoms. The van der Waals surface area contributed by atoms with Crippen LogP contribution < -0.4 is 4.74 Å². The van der Waals surface area contributed by atoms with Crippen LogP contribution in [0, 0.1) is 29.9 Å². The summed E-state index contributed by atoms with van der Waals surface area (Å²) >= 11 is 3.35. The molecule has 1 heterocycles. The van der Waals surface area contributed by atoms with Gasteiger partial charge in [-0.25, -0.2) is 21.2 Å². The number of nitriles is 1. The average Bonchev–Trinajstić information content (AvgIpc) is 3.21. The molecular formula is C24H17BrF2N2O3S. The zero-order valence-corrected chi connectivity index (χ0v) is 19.8. The molecule has 33 heavy (non-hydrogen) atoms. The quantitative estimate of drug-likeness (QED) is 0.284. The van der Waals surface area contributed by atoms with Gasteiger partial charge in [0, 0.05) is 34.6 Å². The Labute approximate surface area is 198 Å². The lowest BCUT2D eigenvalue weighted by atomic mass is 10.1. The SMILES string of the molecule is Cc1ccccc1S(=O)(=O)n1ccc2c(CCBr)c(Oc3ccc(F)c(C#N)c3)c(F)cc21. The first-order chi connectivity index (χ1) is 15.8. The van der Waals surface area contributed by atoms with Crippen molar-refractivity contribution < 1.29 is 21.9 Å². The minimum absolute atomic E-state index is 0.0917. The van der Waals surface area contributed by atoms with Crippen LogP contribution in [0.4, 0.5) is 8.78 Å². The Kier molecular flexibility index (Phi) is 6.23. The first kappa shape index (κ1) is 23.0. The fourth-order valence-electron chi connectivity index (χ4n) is 3.66. The van der Waals surface area contributed by atoms with Gasteiger partial charge in [0.05, 0.1) is 16.0 Å². The number of ether oxygens (including phenoxy) is 1. The number of benzene rings is 3. The Balaban J connectivity index is 1.89. The zero-order chi connectivity index (χ0) is 23.8. The fourth-order valence-corrected chi connectivity index (χ4v) is 5.63. The van der Waals surface area contributed by atoms with Crippen molar-refractivity contribution in [2.24, 2.45) is 0 Å². The third-order valence-electron chi connectivity index (χ3n) is 5.22. The van der Waals surface area contributed by atoms with Crippen molar-refractivity contribution in [3.8, 4) is 17.6 Å². The van der Waals surface area contributed by atoms with Crippen molar-refractivity contribution in [1.29, 1.82) is 5.26 Å². The van der Waals surface area contributed by atoms with Crippen molar-refractivity contribution >= 4 is 36.9 Å². The van der Waals surface area contributed by atoms with Crippen LogP contribution in [0.3, 0.4) is 0 Å². The molecule has 5 nitrogen and oxygen atoms in total. The summed E-state index contributed by atoms with van der Waals surface area (Å²) in [6.07, 6.45) is 1.73. The molecule has 0 amide bonds. The summed E-state index contributed by atoms with van der Waals surface area (Å²) < 4.78 is 62.4. The largest absolute Gasteiger partial charge is 0.454 e. The number of rotatable bonds is 6. The maximum Gasteiger partial charge on any atom is 0.268 e. The second-order valence-corrected chi connectivity index (χ2v) is 9.85. The van der Waals surface area contributed by atoms with Gasteiger partial charge in [-0.2, -0.15) is 5.26 Å². The lowest BCUT2D eigenvalue weighted by molar-refractivity contribution is 0.437. The Bertz CT molecular complexity index is 1520. The number of hydrogen-bond acceptors (Lipinski definition) is 4. The second kappa shape index (κ2) is 8.96. The van der Waals surface area contributed by atoms with Gasteiger partial charge in [0.2, 0.25) is 0 Å². The molecule has 0 radical (unpaired) electrons. The van der Waals surface area contributed by atoms with E-state index in [-0.39, 0.29) is 27.5 Å². The van der Waals surface area contributed by atoms with Crippen molar-refractivity contribution in [3.05, 3.63) is 89.1 Å². The van der Waals surface area contributed by atoms with Crippen molar-refractivity contribution in [2.45, 2.75) is 18.2 Å². The van der Waals surface area contributed by atoms with E-state index in [0.717, 1.165) is 16.1 Å². The van der Waals surface area contributed by atoms with Crippen LogP contribution in [0.15, 0.2) is 65.7 Å². The molecule has 3 aromatic carbocycles. The minimum Gasteiger partial charge on any atom is -0.454 e. The Morgan fingerprint density at radius 3 is 2.55 bits per heavy atom. The molecular weight excluding hydrogens is 514 g/mol. The smallest absolute Gasteiger partial charge is 0.268 e. The lowest BCUT2D eigenvalue weighted by Gasteiger charge is -2.15. The van der Waals surface area contributed by atoms with Crippen molar-refractivity contribution in [3.63, 3.8) is 0 Å². The van der Waals surface area contributed by atoms with E-state index in [1.165, 1.54) is 24.4 Å². The lowest BCUT2D eigenvalue weighted by Crippen LogP contribution is -2.13. The minimum atomic E-state index is -3.97. The van der Waals surface area contributed by atoms with Crippen molar-refractivity contribution in [2.75, 3.05) is 5.33 Å². The predicted octanol–water partition coefficient (Wildman–Crippen LogP) is 6.07. The summed E-state index contributed by atoms with van der Waals surface area (Å²) in [6.45, 7) is 1.69. The highest BCUT2D eigenvalue weighted by Crippen LogP contribution is 2.37. The Morgan fingerprint density at radius 2 is 1.85 bits per heavy atom. The molecule has 4 rings (SSSR count). The van der Waals surface area contributed by atoms with E-state index in [1.54, 1.807) is 37.3 Å². The molecule has 0 aliphatic rings. The van der Waals surface area contributed by atoms with Gasteiger partial charge in [0.15, 0.2) is 11.6 Å². The van der Waals surface area contributed by atoms with Gasteiger partial charge >= 0.3 is 0 Å². The summed E-state index contributed by atoms with van der Waals surface area (Å²) in [7, 11) is -3.97. The van der Waals surface area contributed by atoms with E-state index in [4.69, 9.17) is 10.00 Å². The number of nitrogens with zero attached hydrogens (tertiary/aromatic N) is 2. The van der Waals surface area contributed by atoms with Crippen LogP contribution in [-0.2, 0) is 16.4 Å². The van der Waals surface area contributed by atoms with Gasteiger partial charge in [-0.05, 0) is 43.2 Å². The molecule has 168 valence electrons. The normalized spacial score (nSPS) is 11.5. The molecule has 0 N–H and O–H groups in total. The first-order valence-electron chi connectivity index (χ1n) is 9.85. The number of hydrogen-bond donors (Lipinski definition) is 0. The second-order valence-electron chi connectivity index (χ2n) is 7.28. The van der Waals surface area contributed by atoms with Gasteiger partial charge in [0.1, 0.15) is 17.6 Å². The predicted molar refractivity (Wildman–Crippen MR) is 124 cm³/mol. The summed E-state index contributed by atoms with van der Waals surface area (Å²) in [4.78, 5) is 0.126. The molecule has 0 aliphatic heterocycles. The van der Waals surface area contributed by atoms with E-state index < -0.39 is 21.7 Å². The van der Waals surface area contributed by atoms with E-state index in [2.05, 4.69) is 15.9 Å². The number of alkyl halides is 1. The molecule has 1 aromatic heterocycles. The molecule has 0 bridgehead atoms. The van der Waals surface area contributed by atoms with Crippen molar-refractivity contribution in [1.82, 2.24) is 3.97 Å². The maximum atomic E-state index is 15.3. The summed E-state index contributed by atoms with van der Waals surface area (Å²) in [5, 5.41) is 10.0. The van der Waals surface area contributed by atoms with E-state index in [9.17, 15) is 12.8 Å². The highest BCUT2D eigenvalue weighted by Gasteiger charge is 2.24. The number of aryl methyl sites for hydroxylation is 2. The molecule has 0 saturated heterocycles. The third kappa shape index (κ3) is 4.12. The Morgan fingerprint density at radius 1 is 1.09 bits per heavy atom. The zero-order valence-electron chi connectivity index (χ0n) is 17.3. The molecule has 0 atom stereocenters. The van der Waals surface area contributed by atoms with Crippen LogP contribution in [0.25, 0.3) is 10.9 Å². The standard InChI is InChI=1S/C24H17BrF2N2O3S/c1-15-4-2-3-5-23(15)33(30,31)29-11-9-18-19(8-10-25)24(21(27)13-22(18)29)32-17-6-7-20(26)16(12-17)14-28/h2-7,9,11-13H,8,10H2,1H3. The Hall–Kier alpha value is -3.22. The number of aromatic nitrogens is 1. The molecule has 0 fully saturated rings. The molecule has 4 aromatic rings. The highest BCUT2D eigenvalue weighted by molar-refractivity contribution is 9.09.